The van der Waals surface area contributed by atoms with Crippen molar-refractivity contribution < 1.29 is 18.3 Å². The Morgan fingerprint density at radius 2 is 1.78 bits per heavy atom. The van der Waals surface area contributed by atoms with E-state index in [4.69, 9.17) is 4.74 Å². The van der Waals surface area contributed by atoms with E-state index >= 15 is 0 Å². The van der Waals surface area contributed by atoms with E-state index in [0.717, 1.165) is 18.7 Å². The number of hydrogen-bond donors (Lipinski definition) is 1. The fourth-order valence-electron chi connectivity index (χ4n) is 3.52. The van der Waals surface area contributed by atoms with Crippen molar-refractivity contribution in [2.24, 2.45) is 11.8 Å². The van der Waals surface area contributed by atoms with E-state index in [1.807, 2.05) is 30.3 Å². The van der Waals surface area contributed by atoms with Crippen molar-refractivity contribution in [3.05, 3.63) is 60.2 Å². The molecule has 1 N–H and O–H groups in total. The zero-order valence-corrected chi connectivity index (χ0v) is 16.6. The highest BCUT2D eigenvalue weighted by molar-refractivity contribution is 7.90. The van der Waals surface area contributed by atoms with Crippen molar-refractivity contribution in [3.63, 3.8) is 0 Å². The van der Waals surface area contributed by atoms with Crippen LogP contribution in [0.25, 0.3) is 0 Å². The van der Waals surface area contributed by atoms with Gasteiger partial charge in [0.05, 0.1) is 17.6 Å². The zero-order valence-electron chi connectivity index (χ0n) is 15.8. The summed E-state index contributed by atoms with van der Waals surface area (Å²) in [7, 11) is -3.19. The number of benzene rings is 2. The number of rotatable bonds is 7. The van der Waals surface area contributed by atoms with Gasteiger partial charge < -0.3 is 9.84 Å². The Labute approximate surface area is 161 Å². The van der Waals surface area contributed by atoms with Crippen molar-refractivity contribution in [2.45, 2.75) is 17.9 Å². The van der Waals surface area contributed by atoms with Gasteiger partial charge in [0.1, 0.15) is 5.75 Å². The molecular formula is C21H27NO4S. The van der Waals surface area contributed by atoms with Crippen LogP contribution < -0.4 is 4.74 Å². The summed E-state index contributed by atoms with van der Waals surface area (Å²) in [6.45, 7) is 5.22. The van der Waals surface area contributed by atoms with Crippen LogP contribution in [0.5, 0.6) is 5.75 Å². The zero-order chi connectivity index (χ0) is 19.4. The molecule has 2 aromatic rings. The predicted octanol–water partition coefficient (Wildman–Crippen LogP) is 2.77. The maximum atomic E-state index is 11.5. The van der Waals surface area contributed by atoms with E-state index in [9.17, 15) is 13.5 Å². The largest absolute Gasteiger partial charge is 0.493 e. The summed E-state index contributed by atoms with van der Waals surface area (Å²) in [4.78, 5) is 2.58. The standard InChI is InChI=1S/C21H27NO4S/c1-16-12-22(14-21(23)17-6-4-3-5-7-17)13-18(16)15-26-19-8-10-20(11-9-19)27(2,24)25/h3-11,16,18,21,23H,12-15H2,1-2H3. The Hall–Kier alpha value is -1.89. The molecule has 2 aromatic carbocycles. The molecule has 3 unspecified atom stereocenters. The molecular weight excluding hydrogens is 362 g/mol. The van der Waals surface area contributed by atoms with Gasteiger partial charge >= 0.3 is 0 Å². The molecule has 0 spiro atoms. The molecule has 1 aliphatic rings. The lowest BCUT2D eigenvalue weighted by molar-refractivity contribution is 0.121. The third kappa shape index (κ3) is 5.31. The van der Waals surface area contributed by atoms with Gasteiger partial charge in [-0.25, -0.2) is 8.42 Å². The monoisotopic (exact) mass is 389 g/mol. The fourth-order valence-corrected chi connectivity index (χ4v) is 4.15. The molecule has 3 rings (SSSR count). The number of β-amino-alcohol motifs (C(OH)–C–C–N with tert-alkyl or cyclic N) is 1. The molecule has 6 heteroatoms. The second-order valence-electron chi connectivity index (χ2n) is 7.44. The summed E-state index contributed by atoms with van der Waals surface area (Å²) in [6, 6.07) is 16.3. The molecule has 0 radical (unpaired) electrons. The van der Waals surface area contributed by atoms with Gasteiger partial charge in [-0.2, -0.15) is 0 Å². The van der Waals surface area contributed by atoms with Gasteiger partial charge in [0, 0.05) is 31.8 Å². The second kappa shape index (κ2) is 8.42. The van der Waals surface area contributed by atoms with E-state index in [0.29, 0.717) is 35.6 Å². The van der Waals surface area contributed by atoms with Crippen LogP contribution in [-0.2, 0) is 9.84 Å². The van der Waals surface area contributed by atoms with Crippen molar-refractivity contribution in [3.8, 4) is 5.75 Å². The van der Waals surface area contributed by atoms with Crippen LogP contribution in [0.2, 0.25) is 0 Å². The smallest absolute Gasteiger partial charge is 0.175 e. The molecule has 1 aliphatic heterocycles. The van der Waals surface area contributed by atoms with E-state index in [1.165, 1.54) is 6.26 Å². The highest BCUT2D eigenvalue weighted by atomic mass is 32.2. The van der Waals surface area contributed by atoms with E-state index in [2.05, 4.69) is 11.8 Å². The number of aliphatic hydroxyl groups is 1. The number of hydrogen-bond acceptors (Lipinski definition) is 5. The summed E-state index contributed by atoms with van der Waals surface area (Å²) in [6.07, 6.45) is 0.711. The van der Waals surface area contributed by atoms with Crippen LogP contribution >= 0.6 is 0 Å². The second-order valence-corrected chi connectivity index (χ2v) is 9.45. The van der Waals surface area contributed by atoms with Crippen LogP contribution in [0.15, 0.2) is 59.5 Å². The minimum absolute atomic E-state index is 0.296. The van der Waals surface area contributed by atoms with Crippen LogP contribution in [0, 0.1) is 11.8 Å². The quantitative estimate of drug-likeness (QED) is 0.789. The van der Waals surface area contributed by atoms with Gasteiger partial charge in [0.25, 0.3) is 0 Å². The van der Waals surface area contributed by atoms with Gasteiger partial charge in [-0.1, -0.05) is 37.3 Å². The van der Waals surface area contributed by atoms with Gasteiger partial charge in [0.2, 0.25) is 0 Å². The molecule has 0 aliphatic carbocycles. The molecule has 1 saturated heterocycles. The van der Waals surface area contributed by atoms with Crippen LogP contribution in [-0.4, -0.2) is 50.9 Å². The van der Waals surface area contributed by atoms with Crippen LogP contribution in [0.4, 0.5) is 0 Å². The average Bonchev–Trinajstić information content (AvgIpc) is 2.99. The Balaban J connectivity index is 1.51. The first-order chi connectivity index (χ1) is 12.8. The van der Waals surface area contributed by atoms with Crippen LogP contribution in [0.3, 0.4) is 0 Å². The molecule has 146 valence electrons. The topological polar surface area (TPSA) is 66.8 Å². The Kier molecular flexibility index (Phi) is 6.19. The maximum Gasteiger partial charge on any atom is 0.175 e. The molecule has 1 fully saturated rings. The van der Waals surface area contributed by atoms with Crippen molar-refractivity contribution in [1.82, 2.24) is 4.90 Å². The van der Waals surface area contributed by atoms with E-state index in [-0.39, 0.29) is 0 Å². The van der Waals surface area contributed by atoms with Crippen LogP contribution in [0.1, 0.15) is 18.6 Å². The molecule has 0 amide bonds. The molecule has 0 bridgehead atoms. The summed E-state index contributed by atoms with van der Waals surface area (Å²) in [5.41, 5.74) is 0.941. The molecule has 5 nitrogen and oxygen atoms in total. The first-order valence-corrected chi connectivity index (χ1v) is 11.1. The molecule has 27 heavy (non-hydrogen) atoms. The van der Waals surface area contributed by atoms with E-state index in [1.54, 1.807) is 24.3 Å². The number of ether oxygens (including phenoxy) is 1. The summed E-state index contributed by atoms with van der Waals surface area (Å²) in [5.74, 6) is 1.53. The Morgan fingerprint density at radius 3 is 2.41 bits per heavy atom. The molecule has 0 saturated carbocycles. The maximum absolute atomic E-state index is 11.5. The lowest BCUT2D eigenvalue weighted by Crippen LogP contribution is -2.27. The highest BCUT2D eigenvalue weighted by Gasteiger charge is 2.31. The number of likely N-dealkylation sites (tertiary alicyclic amines) is 1. The van der Waals surface area contributed by atoms with Gasteiger partial charge in [0.15, 0.2) is 9.84 Å². The first-order valence-electron chi connectivity index (χ1n) is 9.21. The lowest BCUT2D eigenvalue weighted by atomic mass is 9.99. The van der Waals surface area contributed by atoms with Crippen molar-refractivity contribution in [1.29, 1.82) is 0 Å². The molecule has 0 aromatic heterocycles. The van der Waals surface area contributed by atoms with Gasteiger partial charge in [-0.15, -0.1) is 0 Å². The average molecular weight is 390 g/mol. The summed E-state index contributed by atoms with van der Waals surface area (Å²) >= 11 is 0. The van der Waals surface area contributed by atoms with Gasteiger partial charge in [-0.05, 0) is 35.7 Å². The summed E-state index contributed by atoms with van der Waals surface area (Å²) in [5, 5.41) is 10.4. The third-order valence-electron chi connectivity index (χ3n) is 5.18. The van der Waals surface area contributed by atoms with Crippen molar-refractivity contribution in [2.75, 3.05) is 32.5 Å². The minimum atomic E-state index is -3.19. The fraction of sp³-hybridized carbons (Fsp3) is 0.429. The SMILES string of the molecule is CC1CN(CC(O)c2ccccc2)CC1COc1ccc(S(C)(=O)=O)cc1. The first kappa shape index (κ1) is 19.9. The number of aliphatic hydroxyl groups excluding tert-OH is 1. The molecule has 3 atom stereocenters. The Bertz CT molecular complexity index is 836. The van der Waals surface area contributed by atoms with E-state index < -0.39 is 15.9 Å². The summed E-state index contributed by atoms with van der Waals surface area (Å²) < 4.78 is 28.9. The normalized spacial score (nSPS) is 21.9. The lowest BCUT2D eigenvalue weighted by Gasteiger charge is -2.20. The van der Waals surface area contributed by atoms with Crippen molar-refractivity contribution >= 4 is 9.84 Å². The molecule has 1 heterocycles. The minimum Gasteiger partial charge on any atom is -0.493 e. The Morgan fingerprint density at radius 1 is 1.11 bits per heavy atom. The number of sulfone groups is 1. The third-order valence-corrected chi connectivity index (χ3v) is 6.30. The highest BCUT2D eigenvalue weighted by Crippen LogP contribution is 2.26. The number of nitrogens with zero attached hydrogens (tertiary/aromatic N) is 1. The predicted molar refractivity (Wildman–Crippen MR) is 106 cm³/mol. The van der Waals surface area contributed by atoms with Gasteiger partial charge in [-0.3, -0.25) is 4.90 Å².